The molecule has 0 saturated heterocycles. The fourth-order valence-electron chi connectivity index (χ4n) is 2.10. The van der Waals surface area contributed by atoms with Crippen molar-refractivity contribution in [3.05, 3.63) is 29.0 Å². The molecule has 0 unspecified atom stereocenters. The molecule has 4 nitrogen and oxygen atoms in total. The number of carbonyl (C=O) groups excluding carboxylic acids is 1. The Hall–Kier alpha value is -1.26. The summed E-state index contributed by atoms with van der Waals surface area (Å²) in [7, 11) is 0. The number of carbonyl (C=O) groups is 1. The van der Waals surface area contributed by atoms with E-state index in [1.54, 1.807) is 19.9 Å². The number of para-hydroxylation sites is 1. The van der Waals surface area contributed by atoms with Crippen molar-refractivity contribution in [2.24, 2.45) is 5.73 Å². The van der Waals surface area contributed by atoms with Crippen LogP contribution in [0.4, 0.5) is 0 Å². The molecule has 2 rings (SSSR count). The molecular weight excluding hydrogens is 285 g/mol. The van der Waals surface area contributed by atoms with E-state index < -0.39 is 11.4 Å². The summed E-state index contributed by atoms with van der Waals surface area (Å²) in [4.78, 5) is 16.2. The van der Waals surface area contributed by atoms with Crippen molar-refractivity contribution in [3.63, 3.8) is 0 Å². The van der Waals surface area contributed by atoms with Gasteiger partial charge >= 0.3 is 0 Å². The topological polar surface area (TPSA) is 60.9 Å². The standard InChI is InChI=1S/C13H15Cl2N3O/c1-13(2,12(16)19)18-9-5-3-4-8(15)11(9)17-10(18)6-7-14/h3-5H,6-7H2,1-2H3,(H2,16,19). The second kappa shape index (κ2) is 5.02. The summed E-state index contributed by atoms with van der Waals surface area (Å²) in [6.45, 7) is 3.52. The molecule has 19 heavy (non-hydrogen) atoms. The lowest BCUT2D eigenvalue weighted by molar-refractivity contribution is -0.125. The second-order valence-corrected chi connectivity index (χ2v) is 5.62. The van der Waals surface area contributed by atoms with Crippen LogP contribution in [0.15, 0.2) is 18.2 Å². The lowest BCUT2D eigenvalue weighted by Gasteiger charge is -2.25. The number of aryl methyl sites for hydroxylation is 1. The van der Waals surface area contributed by atoms with Gasteiger partial charge in [0.15, 0.2) is 0 Å². The molecular formula is C13H15Cl2N3O. The van der Waals surface area contributed by atoms with E-state index in [9.17, 15) is 4.79 Å². The zero-order valence-electron chi connectivity index (χ0n) is 10.8. The molecule has 1 heterocycles. The third-order valence-corrected chi connectivity index (χ3v) is 3.68. The van der Waals surface area contributed by atoms with Gasteiger partial charge in [0.25, 0.3) is 0 Å². The van der Waals surface area contributed by atoms with Gasteiger partial charge in [0, 0.05) is 12.3 Å². The zero-order chi connectivity index (χ0) is 14.2. The molecule has 0 aliphatic heterocycles. The minimum absolute atomic E-state index is 0.412. The highest BCUT2D eigenvalue weighted by Crippen LogP contribution is 2.29. The van der Waals surface area contributed by atoms with Gasteiger partial charge in [-0.15, -0.1) is 11.6 Å². The summed E-state index contributed by atoms with van der Waals surface area (Å²) >= 11 is 11.9. The van der Waals surface area contributed by atoms with Crippen molar-refractivity contribution in [2.75, 3.05) is 5.88 Å². The number of hydrogen-bond acceptors (Lipinski definition) is 2. The first-order valence-electron chi connectivity index (χ1n) is 5.91. The van der Waals surface area contributed by atoms with Crippen LogP contribution in [0, 0.1) is 0 Å². The van der Waals surface area contributed by atoms with E-state index in [1.165, 1.54) is 0 Å². The van der Waals surface area contributed by atoms with E-state index in [0.29, 0.717) is 28.7 Å². The van der Waals surface area contributed by atoms with E-state index in [2.05, 4.69) is 4.98 Å². The number of fused-ring (bicyclic) bond motifs is 1. The molecule has 2 aromatic rings. The van der Waals surface area contributed by atoms with E-state index in [4.69, 9.17) is 28.9 Å². The van der Waals surface area contributed by atoms with Crippen LogP contribution in [0.25, 0.3) is 11.0 Å². The van der Waals surface area contributed by atoms with E-state index >= 15 is 0 Å². The van der Waals surface area contributed by atoms with Crippen molar-refractivity contribution in [3.8, 4) is 0 Å². The number of alkyl halides is 1. The Morgan fingerprint density at radius 3 is 2.74 bits per heavy atom. The molecule has 0 spiro atoms. The molecule has 2 N–H and O–H groups in total. The summed E-state index contributed by atoms with van der Waals surface area (Å²) in [5.41, 5.74) is 6.07. The van der Waals surface area contributed by atoms with Crippen LogP contribution >= 0.6 is 23.2 Å². The van der Waals surface area contributed by atoms with Gasteiger partial charge in [-0.3, -0.25) is 4.79 Å². The Morgan fingerprint density at radius 2 is 2.16 bits per heavy atom. The Morgan fingerprint density at radius 1 is 1.47 bits per heavy atom. The summed E-state index contributed by atoms with van der Waals surface area (Å²) in [5, 5.41) is 0.548. The van der Waals surface area contributed by atoms with Gasteiger partial charge in [-0.2, -0.15) is 0 Å². The SMILES string of the molecule is CC(C)(C(N)=O)n1c(CCCl)nc2c(Cl)cccc21. The number of benzene rings is 1. The maximum Gasteiger partial charge on any atom is 0.243 e. The average Bonchev–Trinajstić information content (AvgIpc) is 2.69. The molecule has 0 bridgehead atoms. The molecule has 102 valence electrons. The lowest BCUT2D eigenvalue weighted by atomic mass is 10.0. The first-order valence-corrected chi connectivity index (χ1v) is 6.83. The van der Waals surface area contributed by atoms with Gasteiger partial charge in [0.2, 0.25) is 5.91 Å². The number of nitrogens with zero attached hydrogens (tertiary/aromatic N) is 2. The molecule has 1 aromatic heterocycles. The average molecular weight is 300 g/mol. The van der Waals surface area contributed by atoms with Crippen LogP contribution in [0.1, 0.15) is 19.7 Å². The molecule has 6 heteroatoms. The second-order valence-electron chi connectivity index (χ2n) is 4.83. The van der Waals surface area contributed by atoms with Gasteiger partial charge in [-0.05, 0) is 26.0 Å². The minimum atomic E-state index is -0.888. The molecule has 0 radical (unpaired) electrons. The van der Waals surface area contributed by atoms with Crippen molar-refractivity contribution in [1.82, 2.24) is 9.55 Å². The molecule has 0 fully saturated rings. The molecule has 0 aliphatic rings. The number of rotatable bonds is 4. The maximum absolute atomic E-state index is 11.7. The number of halogens is 2. The summed E-state index contributed by atoms with van der Waals surface area (Å²) < 4.78 is 1.82. The van der Waals surface area contributed by atoms with Gasteiger partial charge in [0.1, 0.15) is 16.9 Å². The van der Waals surface area contributed by atoms with Crippen molar-refractivity contribution in [2.45, 2.75) is 25.8 Å². The van der Waals surface area contributed by atoms with Gasteiger partial charge < -0.3 is 10.3 Å². The van der Waals surface area contributed by atoms with E-state index in [-0.39, 0.29) is 0 Å². The zero-order valence-corrected chi connectivity index (χ0v) is 12.3. The summed E-state index contributed by atoms with van der Waals surface area (Å²) in [5.74, 6) is 0.694. The van der Waals surface area contributed by atoms with Crippen LogP contribution in [0.5, 0.6) is 0 Å². The largest absolute Gasteiger partial charge is 0.368 e. The number of primary amides is 1. The van der Waals surface area contributed by atoms with E-state index in [0.717, 1.165) is 5.52 Å². The predicted molar refractivity (Wildman–Crippen MR) is 77.7 cm³/mol. The highest BCUT2D eigenvalue weighted by atomic mass is 35.5. The molecule has 0 saturated carbocycles. The number of hydrogen-bond donors (Lipinski definition) is 1. The first kappa shape index (κ1) is 14.2. The van der Waals surface area contributed by atoms with Gasteiger partial charge in [-0.1, -0.05) is 17.7 Å². The van der Waals surface area contributed by atoms with Gasteiger partial charge in [-0.25, -0.2) is 4.98 Å². The van der Waals surface area contributed by atoms with Crippen molar-refractivity contribution < 1.29 is 4.79 Å². The predicted octanol–water partition coefficient (Wildman–Crippen LogP) is 2.69. The number of amides is 1. The molecule has 0 aliphatic carbocycles. The fourth-order valence-corrected chi connectivity index (χ4v) is 2.48. The third kappa shape index (κ3) is 2.30. The first-order chi connectivity index (χ1) is 8.89. The van der Waals surface area contributed by atoms with E-state index in [1.807, 2.05) is 16.7 Å². The summed E-state index contributed by atoms with van der Waals surface area (Å²) in [6, 6.07) is 5.46. The summed E-state index contributed by atoms with van der Waals surface area (Å²) in [6.07, 6.45) is 0.545. The van der Waals surface area contributed by atoms with Crippen LogP contribution < -0.4 is 5.73 Å². The van der Waals surface area contributed by atoms with Crippen molar-refractivity contribution >= 4 is 40.1 Å². The minimum Gasteiger partial charge on any atom is -0.368 e. The number of nitrogens with two attached hydrogens (primary N) is 1. The van der Waals surface area contributed by atoms with Gasteiger partial charge in [0.05, 0.1) is 10.5 Å². The lowest BCUT2D eigenvalue weighted by Crippen LogP contribution is -2.42. The van der Waals surface area contributed by atoms with Crippen LogP contribution in [-0.4, -0.2) is 21.3 Å². The third-order valence-electron chi connectivity index (χ3n) is 3.19. The Bertz CT molecular complexity index is 634. The molecule has 0 atom stereocenters. The Balaban J connectivity index is 2.79. The van der Waals surface area contributed by atoms with Crippen LogP contribution in [0.2, 0.25) is 5.02 Å². The fraction of sp³-hybridized carbons (Fsp3) is 0.385. The number of imidazole rings is 1. The quantitative estimate of drug-likeness (QED) is 0.882. The molecule has 1 aromatic carbocycles. The normalized spacial score (nSPS) is 12.0. The van der Waals surface area contributed by atoms with Crippen molar-refractivity contribution in [1.29, 1.82) is 0 Å². The number of aromatic nitrogens is 2. The van der Waals surface area contributed by atoms with Crippen LogP contribution in [-0.2, 0) is 16.8 Å². The highest BCUT2D eigenvalue weighted by Gasteiger charge is 2.31. The molecule has 1 amide bonds. The smallest absolute Gasteiger partial charge is 0.243 e. The highest BCUT2D eigenvalue weighted by molar-refractivity contribution is 6.35. The van der Waals surface area contributed by atoms with Crippen LogP contribution in [0.3, 0.4) is 0 Å². The maximum atomic E-state index is 11.7. The Kier molecular flexibility index (Phi) is 3.74. The Labute approximate surface area is 121 Å². The monoisotopic (exact) mass is 299 g/mol.